The van der Waals surface area contributed by atoms with Gasteiger partial charge < -0.3 is 14.6 Å². The zero-order valence-corrected chi connectivity index (χ0v) is 12.8. The molecule has 0 bridgehead atoms. The molecule has 3 nitrogen and oxygen atoms in total. The van der Waals surface area contributed by atoms with E-state index in [0.717, 1.165) is 28.6 Å². The van der Waals surface area contributed by atoms with Gasteiger partial charge in [0.25, 0.3) is 0 Å². The molecule has 1 N–H and O–H groups in total. The number of hydrogen-bond donors (Lipinski definition) is 1. The Morgan fingerprint density at radius 3 is 2.58 bits per heavy atom. The summed E-state index contributed by atoms with van der Waals surface area (Å²) in [6.45, 7) is 4.15. The Morgan fingerprint density at radius 1 is 1.21 bits per heavy atom. The molecule has 4 heteroatoms. The molecule has 2 aliphatic heterocycles. The summed E-state index contributed by atoms with van der Waals surface area (Å²) < 4.78 is 13.0. The van der Waals surface area contributed by atoms with E-state index in [-0.39, 0.29) is 17.8 Å². The van der Waals surface area contributed by atoms with Crippen LogP contribution in [0.15, 0.2) is 22.7 Å². The number of aliphatic hydroxyl groups is 1. The average Bonchev–Trinajstić information content (AvgIpc) is 2.25. The van der Waals surface area contributed by atoms with Gasteiger partial charge in [-0.1, -0.05) is 22.0 Å². The lowest BCUT2D eigenvalue weighted by molar-refractivity contribution is -0.140. The van der Waals surface area contributed by atoms with E-state index in [4.69, 9.17) is 9.47 Å². The lowest BCUT2D eigenvalue weighted by atomic mass is 9.79. The normalized spacial score (nSPS) is 37.8. The van der Waals surface area contributed by atoms with E-state index in [1.807, 2.05) is 18.2 Å². The van der Waals surface area contributed by atoms with Gasteiger partial charge in [-0.15, -0.1) is 0 Å². The van der Waals surface area contributed by atoms with Crippen molar-refractivity contribution in [2.75, 3.05) is 0 Å². The van der Waals surface area contributed by atoms with E-state index in [1.165, 1.54) is 0 Å². The zero-order valence-electron chi connectivity index (χ0n) is 11.2. The van der Waals surface area contributed by atoms with Crippen LogP contribution in [0, 0.1) is 0 Å². The van der Waals surface area contributed by atoms with E-state index in [1.54, 1.807) is 0 Å². The van der Waals surface area contributed by atoms with Gasteiger partial charge in [-0.25, -0.2) is 0 Å². The lowest BCUT2D eigenvalue weighted by Gasteiger charge is -2.46. The van der Waals surface area contributed by atoms with E-state index >= 15 is 0 Å². The first-order valence-electron chi connectivity index (χ1n) is 6.79. The highest BCUT2D eigenvalue weighted by Crippen LogP contribution is 2.46. The van der Waals surface area contributed by atoms with E-state index in [2.05, 4.69) is 29.8 Å². The molecule has 1 saturated heterocycles. The maximum atomic E-state index is 10.4. The minimum Gasteiger partial charge on any atom is -0.487 e. The molecule has 2 heterocycles. The largest absolute Gasteiger partial charge is 0.487 e. The number of hydrogen-bond acceptors (Lipinski definition) is 3. The molecule has 2 unspecified atom stereocenters. The highest BCUT2D eigenvalue weighted by Gasteiger charge is 2.45. The molecule has 0 saturated carbocycles. The summed E-state index contributed by atoms with van der Waals surface area (Å²) in [5, 5.41) is 10.4. The minimum atomic E-state index is -0.450. The van der Waals surface area contributed by atoms with Crippen molar-refractivity contribution in [1.29, 1.82) is 0 Å². The Morgan fingerprint density at radius 2 is 1.89 bits per heavy atom. The van der Waals surface area contributed by atoms with Crippen LogP contribution < -0.4 is 4.74 Å². The van der Waals surface area contributed by atoms with Crippen molar-refractivity contribution in [3.05, 3.63) is 28.2 Å². The fraction of sp³-hybridized carbons (Fsp3) is 0.600. The fourth-order valence-corrected chi connectivity index (χ4v) is 3.82. The molecule has 3 rings (SSSR count). The first kappa shape index (κ1) is 13.4. The van der Waals surface area contributed by atoms with Crippen molar-refractivity contribution in [3.8, 4) is 5.75 Å². The van der Waals surface area contributed by atoms with Crippen molar-refractivity contribution in [2.45, 2.75) is 57.0 Å². The number of rotatable bonds is 0. The predicted octanol–water partition coefficient (Wildman–Crippen LogP) is 3.59. The molecule has 0 aromatic heterocycles. The van der Waals surface area contributed by atoms with Crippen LogP contribution in [0.3, 0.4) is 0 Å². The van der Waals surface area contributed by atoms with E-state index < -0.39 is 6.10 Å². The summed E-state index contributed by atoms with van der Waals surface area (Å²) in [5.41, 5.74) is 0.602. The molecular formula is C15H19BrO3. The second kappa shape index (κ2) is 4.76. The maximum Gasteiger partial charge on any atom is 0.127 e. The first-order valence-corrected chi connectivity index (χ1v) is 7.59. The Balaban J connectivity index is 1.95. The Kier molecular flexibility index (Phi) is 3.36. The molecule has 0 amide bonds. The standard InChI is InChI=1S/C15H19BrO3/c1-9-6-15(7-10(2)18-9)8-13(17)12-4-3-11(16)5-14(12)19-15/h3-5,9-10,13,17H,6-8H2,1-2H3/t9?,10?,13-,15?/m1/s1. The van der Waals surface area contributed by atoms with Crippen LogP contribution in [0.2, 0.25) is 0 Å². The Labute approximate surface area is 122 Å². The van der Waals surface area contributed by atoms with E-state index in [9.17, 15) is 5.11 Å². The van der Waals surface area contributed by atoms with Crippen LogP contribution in [0.4, 0.5) is 0 Å². The number of benzene rings is 1. The van der Waals surface area contributed by atoms with E-state index in [0.29, 0.717) is 6.42 Å². The number of aliphatic hydroxyl groups excluding tert-OH is 1. The molecule has 1 spiro atoms. The highest BCUT2D eigenvalue weighted by atomic mass is 79.9. The maximum absolute atomic E-state index is 10.4. The van der Waals surface area contributed by atoms with Gasteiger partial charge in [-0.3, -0.25) is 0 Å². The molecule has 1 aromatic carbocycles. The minimum absolute atomic E-state index is 0.171. The summed E-state index contributed by atoms with van der Waals surface area (Å²) in [6.07, 6.45) is 2.21. The fourth-order valence-electron chi connectivity index (χ4n) is 3.48. The van der Waals surface area contributed by atoms with Gasteiger partial charge in [0, 0.05) is 29.3 Å². The summed E-state index contributed by atoms with van der Waals surface area (Å²) in [7, 11) is 0. The van der Waals surface area contributed by atoms with Gasteiger partial charge in [0.15, 0.2) is 0 Å². The summed E-state index contributed by atoms with van der Waals surface area (Å²) in [5.74, 6) is 0.800. The van der Waals surface area contributed by atoms with Crippen molar-refractivity contribution in [3.63, 3.8) is 0 Å². The Bertz CT molecular complexity index is 478. The molecule has 0 radical (unpaired) electrons. The smallest absolute Gasteiger partial charge is 0.127 e. The molecule has 1 aromatic rings. The van der Waals surface area contributed by atoms with Crippen molar-refractivity contribution >= 4 is 15.9 Å². The third kappa shape index (κ3) is 2.54. The van der Waals surface area contributed by atoms with Crippen LogP contribution in [-0.4, -0.2) is 22.9 Å². The average molecular weight is 327 g/mol. The monoisotopic (exact) mass is 326 g/mol. The zero-order chi connectivity index (χ0) is 13.6. The molecule has 19 heavy (non-hydrogen) atoms. The SMILES string of the molecule is CC1CC2(CC(C)O1)C[C@@H](O)c1ccc(Br)cc1O2. The van der Waals surface area contributed by atoms with Crippen molar-refractivity contribution in [2.24, 2.45) is 0 Å². The van der Waals surface area contributed by atoms with Crippen molar-refractivity contribution in [1.82, 2.24) is 0 Å². The van der Waals surface area contributed by atoms with Gasteiger partial charge in [0.2, 0.25) is 0 Å². The lowest BCUT2D eigenvalue weighted by Crippen LogP contribution is -2.50. The Hall–Kier alpha value is -0.580. The van der Waals surface area contributed by atoms with Crippen molar-refractivity contribution < 1.29 is 14.6 Å². The number of halogens is 1. The van der Waals surface area contributed by atoms with Crippen LogP contribution >= 0.6 is 15.9 Å². The second-order valence-corrected chi connectivity index (χ2v) is 6.77. The molecule has 2 aliphatic rings. The molecule has 1 fully saturated rings. The van der Waals surface area contributed by atoms with Gasteiger partial charge in [0.1, 0.15) is 11.4 Å². The number of fused-ring (bicyclic) bond motifs is 1. The third-order valence-corrected chi connectivity index (χ3v) is 4.50. The van der Waals surface area contributed by atoms with Crippen LogP contribution in [-0.2, 0) is 4.74 Å². The summed E-state index contributed by atoms with van der Waals surface area (Å²) in [6, 6.07) is 5.83. The summed E-state index contributed by atoms with van der Waals surface area (Å²) >= 11 is 3.46. The number of ether oxygens (including phenoxy) is 2. The molecule has 0 aliphatic carbocycles. The molecule has 104 valence electrons. The second-order valence-electron chi connectivity index (χ2n) is 5.85. The van der Waals surface area contributed by atoms with Gasteiger partial charge in [-0.2, -0.15) is 0 Å². The van der Waals surface area contributed by atoms with Gasteiger partial charge in [-0.05, 0) is 26.0 Å². The van der Waals surface area contributed by atoms with Gasteiger partial charge >= 0.3 is 0 Å². The third-order valence-electron chi connectivity index (χ3n) is 4.01. The van der Waals surface area contributed by atoms with Crippen LogP contribution in [0.1, 0.15) is 44.8 Å². The van der Waals surface area contributed by atoms with Crippen LogP contribution in [0.25, 0.3) is 0 Å². The first-order chi connectivity index (χ1) is 8.97. The quantitative estimate of drug-likeness (QED) is 0.791. The summed E-state index contributed by atoms with van der Waals surface area (Å²) in [4.78, 5) is 0. The highest BCUT2D eigenvalue weighted by molar-refractivity contribution is 9.10. The molecular weight excluding hydrogens is 308 g/mol. The molecule has 3 atom stereocenters. The topological polar surface area (TPSA) is 38.7 Å². The van der Waals surface area contributed by atoms with Crippen LogP contribution in [0.5, 0.6) is 5.75 Å². The predicted molar refractivity (Wildman–Crippen MR) is 76.3 cm³/mol. The van der Waals surface area contributed by atoms with Gasteiger partial charge in [0.05, 0.1) is 18.3 Å².